The molecule has 5 aliphatic carbocycles. The zero-order chi connectivity index (χ0) is 45.2. The van der Waals surface area contributed by atoms with Crippen LogP contribution in [-0.2, 0) is 15.5 Å². The van der Waals surface area contributed by atoms with Crippen LogP contribution < -0.4 is 10.6 Å². The Labute approximate surface area is 370 Å². The second-order valence-electron chi connectivity index (χ2n) is 21.9. The predicted octanol–water partition coefficient (Wildman–Crippen LogP) is 9.29. The maximum absolute atomic E-state index is 14.2. The normalized spacial score (nSPS) is 38.6. The van der Waals surface area contributed by atoms with Gasteiger partial charge < -0.3 is 20.6 Å². The maximum Gasteiger partial charge on any atom is 0.442 e. The number of nitrogens with one attached hydrogen (secondary N) is 2. The zero-order valence-corrected chi connectivity index (χ0v) is 38.4. The molecule has 2 heterocycles. The van der Waals surface area contributed by atoms with Gasteiger partial charge in [0.15, 0.2) is 9.84 Å². The summed E-state index contributed by atoms with van der Waals surface area (Å²) in [6, 6.07) is 12.7. The monoisotopic (exact) mass is 891 g/mol. The van der Waals surface area contributed by atoms with E-state index in [0.29, 0.717) is 42.6 Å². The van der Waals surface area contributed by atoms with Crippen LogP contribution in [0.5, 0.6) is 0 Å². The minimum absolute atomic E-state index is 0.00159. The van der Waals surface area contributed by atoms with Crippen LogP contribution >= 0.6 is 0 Å². The van der Waals surface area contributed by atoms with Gasteiger partial charge in [-0.2, -0.15) is 13.2 Å². The van der Waals surface area contributed by atoms with Crippen LogP contribution in [0.15, 0.2) is 64.8 Å². The van der Waals surface area contributed by atoms with Crippen molar-refractivity contribution >= 4 is 27.3 Å². The Hall–Kier alpha value is -3.62. The van der Waals surface area contributed by atoms with Crippen molar-refractivity contribution in [1.29, 1.82) is 0 Å². The van der Waals surface area contributed by atoms with Gasteiger partial charge in [0.2, 0.25) is 0 Å². The highest BCUT2D eigenvalue weighted by Gasteiger charge is 2.74. The van der Waals surface area contributed by atoms with E-state index >= 15 is 0 Å². The number of benzene rings is 2. The summed E-state index contributed by atoms with van der Waals surface area (Å²) in [5, 5.41) is 23.8. The Kier molecular flexibility index (Phi) is 10.4. The van der Waals surface area contributed by atoms with Crippen molar-refractivity contribution < 1.29 is 36.3 Å². The summed E-state index contributed by atoms with van der Waals surface area (Å²) in [7, 11) is -3.00. The first-order valence-corrected chi connectivity index (χ1v) is 24.9. The quantitative estimate of drug-likeness (QED) is 0.228. The summed E-state index contributed by atoms with van der Waals surface area (Å²) in [6.07, 6.45) is 6.66. The van der Waals surface area contributed by atoms with Crippen LogP contribution in [0.3, 0.4) is 0 Å². The summed E-state index contributed by atoms with van der Waals surface area (Å²) in [5.41, 5.74) is -0.246. The molecule has 5 fully saturated rings. The number of carbonyl (C=O) groups excluding carboxylic acids is 1. The summed E-state index contributed by atoms with van der Waals surface area (Å²) in [4.78, 5) is 28.1. The van der Waals surface area contributed by atoms with Gasteiger partial charge in [-0.15, -0.1) is 10.2 Å². The first-order chi connectivity index (χ1) is 29.5. The van der Waals surface area contributed by atoms with Gasteiger partial charge in [-0.1, -0.05) is 71.9 Å². The molecule has 0 radical (unpaired) electrons. The topological polar surface area (TPSA) is 141 Å². The smallest absolute Gasteiger partial charge is 0.442 e. The van der Waals surface area contributed by atoms with E-state index in [1.807, 2.05) is 12.1 Å². The molecule has 0 spiro atoms. The third kappa shape index (κ3) is 6.70. The van der Waals surface area contributed by atoms with E-state index in [0.717, 1.165) is 69.9 Å². The molecule has 1 unspecified atom stereocenters. The zero-order valence-electron chi connectivity index (χ0n) is 37.6. The number of amides is 1. The average molecular weight is 892 g/mol. The van der Waals surface area contributed by atoms with Gasteiger partial charge in [-0.05, 0) is 132 Å². The lowest BCUT2D eigenvalue weighted by molar-refractivity contribution is -0.254. The SMILES string of the molecule is CC1(C)C(c2ccc(C(=O)O)cc2)=CC[C@]2(C)[C@H]3CC[C@]4(C)[C@H]5[C@H](NC(=O)c6ccc(C7(C(F)(F)F)N=N7)cc6)CCC5(NCCN5CCS(=O)(=O)CC5)CC[C@@]4(C)[C@]3(C)CC[C@@H]12. The third-order valence-electron chi connectivity index (χ3n) is 19.1. The van der Waals surface area contributed by atoms with E-state index in [4.69, 9.17) is 0 Å². The van der Waals surface area contributed by atoms with Crippen LogP contribution in [0.1, 0.15) is 131 Å². The Morgan fingerprint density at radius 1 is 0.810 bits per heavy atom. The number of alkyl halides is 3. The molecule has 0 bridgehead atoms. The molecule has 9 rings (SSSR count). The summed E-state index contributed by atoms with van der Waals surface area (Å²) in [6.45, 7) is 17.5. The summed E-state index contributed by atoms with van der Waals surface area (Å²) >= 11 is 0. The molecule has 2 aromatic rings. The number of halogens is 3. The molecule has 342 valence electrons. The molecule has 2 aliphatic heterocycles. The van der Waals surface area contributed by atoms with Gasteiger partial charge in [-0.3, -0.25) is 4.79 Å². The number of hydrogen-bond acceptors (Lipinski definition) is 8. The molecule has 63 heavy (non-hydrogen) atoms. The molecular weight excluding hydrogens is 828 g/mol. The van der Waals surface area contributed by atoms with E-state index in [-0.39, 0.29) is 67.5 Å². The third-order valence-corrected chi connectivity index (χ3v) is 20.7. The lowest BCUT2D eigenvalue weighted by atomic mass is 9.29. The number of carbonyl (C=O) groups is 2. The number of fused-ring (bicyclic) bond motifs is 7. The Balaban J connectivity index is 1.01. The van der Waals surface area contributed by atoms with Gasteiger partial charge in [0.05, 0.1) is 17.1 Å². The largest absolute Gasteiger partial charge is 0.478 e. The van der Waals surface area contributed by atoms with Gasteiger partial charge in [0.25, 0.3) is 5.91 Å². The summed E-state index contributed by atoms with van der Waals surface area (Å²) in [5.74, 6) is 0.117. The number of aromatic carboxylic acids is 1. The maximum atomic E-state index is 14.2. The second-order valence-corrected chi connectivity index (χ2v) is 24.2. The Bertz CT molecular complexity index is 2330. The highest BCUT2D eigenvalue weighted by molar-refractivity contribution is 7.91. The number of hydrogen-bond donors (Lipinski definition) is 3. The summed E-state index contributed by atoms with van der Waals surface area (Å²) < 4.78 is 65.8. The van der Waals surface area contributed by atoms with Gasteiger partial charge in [-0.25, -0.2) is 13.2 Å². The fourth-order valence-electron chi connectivity index (χ4n) is 15.5. The van der Waals surface area contributed by atoms with E-state index in [1.54, 1.807) is 12.1 Å². The molecule has 4 saturated carbocycles. The van der Waals surface area contributed by atoms with Crippen LogP contribution in [0.2, 0.25) is 0 Å². The minimum atomic E-state index is -4.65. The number of carboxylic acid groups (broad SMARTS) is 1. The van der Waals surface area contributed by atoms with E-state index < -0.39 is 27.6 Å². The molecule has 7 aliphatic rings. The van der Waals surface area contributed by atoms with Crippen molar-refractivity contribution in [3.8, 4) is 0 Å². The second kappa shape index (κ2) is 14.7. The molecule has 2 aromatic carbocycles. The Morgan fingerprint density at radius 3 is 2.05 bits per heavy atom. The van der Waals surface area contributed by atoms with E-state index in [1.165, 1.54) is 29.8 Å². The van der Waals surface area contributed by atoms with Gasteiger partial charge in [0, 0.05) is 54.8 Å². The van der Waals surface area contributed by atoms with Crippen LogP contribution in [-0.4, -0.2) is 85.7 Å². The van der Waals surface area contributed by atoms with Crippen molar-refractivity contribution in [1.82, 2.24) is 15.5 Å². The highest BCUT2D eigenvalue weighted by Crippen LogP contribution is 2.79. The van der Waals surface area contributed by atoms with Crippen LogP contribution in [0, 0.1) is 44.8 Å². The number of nitrogens with zero attached hydrogens (tertiary/aromatic N) is 3. The molecule has 9 atom stereocenters. The molecule has 1 amide bonds. The lowest BCUT2D eigenvalue weighted by Crippen LogP contribution is -2.73. The fraction of sp³-hybridized carbons (Fsp3) is 0.673. The highest BCUT2D eigenvalue weighted by atomic mass is 32.2. The first-order valence-electron chi connectivity index (χ1n) is 23.1. The van der Waals surface area contributed by atoms with Crippen molar-refractivity contribution in [2.45, 2.75) is 123 Å². The number of rotatable bonds is 9. The standard InChI is InChI=1S/C49H64F3N5O5S/c1-42(2)35(31-7-9-33(10-8-31)41(59)60)15-19-43(3)37(42)17-20-44(4)38(43)18-21-45(5)39-36(54-40(58)32-11-13-34(14-12-32)48(55-56-48)49(50,51)52)16-22-47(39,24-23-46(44,45)6)53-25-26-57-27-29-63(61,62)30-28-57/h7-15,36-39,53H,16-30H2,1-6H3,(H,54,58)(H,59,60)/t36-,37+,38-,39-,43+,44-,45-,46+,47?/m1/s1. The van der Waals surface area contributed by atoms with Crippen molar-refractivity contribution in [2.24, 2.45) is 55.1 Å². The van der Waals surface area contributed by atoms with E-state index in [9.17, 15) is 36.3 Å². The Morgan fingerprint density at radius 2 is 1.43 bits per heavy atom. The van der Waals surface area contributed by atoms with Crippen LogP contribution in [0.25, 0.3) is 5.57 Å². The van der Waals surface area contributed by atoms with Gasteiger partial charge in [0.1, 0.15) is 0 Å². The molecule has 10 nitrogen and oxygen atoms in total. The molecular formula is C49H64F3N5O5S. The van der Waals surface area contributed by atoms with Gasteiger partial charge >= 0.3 is 17.8 Å². The van der Waals surface area contributed by atoms with Crippen LogP contribution in [0.4, 0.5) is 13.2 Å². The predicted molar refractivity (Wildman–Crippen MR) is 236 cm³/mol. The number of carboxylic acids is 1. The van der Waals surface area contributed by atoms with Crippen molar-refractivity contribution in [2.75, 3.05) is 37.7 Å². The lowest BCUT2D eigenvalue weighted by Gasteiger charge is -2.75. The number of sulfone groups is 1. The minimum Gasteiger partial charge on any atom is -0.478 e. The molecule has 3 N–H and O–H groups in total. The fourth-order valence-corrected chi connectivity index (χ4v) is 16.8. The van der Waals surface area contributed by atoms with Crippen molar-refractivity contribution in [3.63, 3.8) is 0 Å². The van der Waals surface area contributed by atoms with Crippen molar-refractivity contribution in [3.05, 3.63) is 76.9 Å². The molecule has 14 heteroatoms. The average Bonchev–Trinajstić information content (AvgIpc) is 3.97. The molecule has 1 saturated heterocycles. The first kappa shape index (κ1) is 44.6. The molecule has 0 aromatic heterocycles. The number of allylic oxidation sites excluding steroid dienone is 2. The van der Waals surface area contributed by atoms with E-state index in [2.05, 4.69) is 73.4 Å².